The zero-order chi connectivity index (χ0) is 17.1. The normalized spacial score (nSPS) is 17.7. The zero-order valence-corrected chi connectivity index (χ0v) is 14.2. The lowest BCUT2D eigenvalue weighted by atomic mass is 10.0. The molecule has 1 aromatic carbocycles. The predicted molar refractivity (Wildman–Crippen MR) is 91.8 cm³/mol. The first-order valence-electron chi connectivity index (χ1n) is 7.92. The van der Waals surface area contributed by atoms with Crippen molar-refractivity contribution in [1.29, 1.82) is 0 Å². The van der Waals surface area contributed by atoms with Crippen LogP contribution in [0, 0.1) is 0 Å². The standard InChI is InChI=1S/C17H22N4O3/c1-20-10-8-16(19-20)21-9-4-5-13(17(21)22)18-12-6-7-14(23-2)15(11-12)24-3/h6-8,10-11,13,18H,4-5,9H2,1-3H3. The molecule has 1 aliphatic heterocycles. The van der Waals surface area contributed by atoms with Gasteiger partial charge in [0, 0.05) is 37.6 Å². The Labute approximate surface area is 141 Å². The molecule has 1 fully saturated rings. The molecular formula is C17H22N4O3. The van der Waals surface area contributed by atoms with Gasteiger partial charge in [-0.05, 0) is 25.0 Å². The number of amides is 1. The van der Waals surface area contributed by atoms with E-state index in [9.17, 15) is 4.79 Å². The first kappa shape index (κ1) is 16.2. The van der Waals surface area contributed by atoms with Crippen LogP contribution in [0.4, 0.5) is 11.5 Å². The number of aromatic nitrogens is 2. The summed E-state index contributed by atoms with van der Waals surface area (Å²) >= 11 is 0. The van der Waals surface area contributed by atoms with Gasteiger partial charge in [-0.15, -0.1) is 0 Å². The molecule has 7 nitrogen and oxygen atoms in total. The molecule has 1 aliphatic rings. The second-order valence-electron chi connectivity index (χ2n) is 5.75. The topological polar surface area (TPSA) is 68.6 Å². The van der Waals surface area contributed by atoms with Crippen molar-refractivity contribution in [3.63, 3.8) is 0 Å². The van der Waals surface area contributed by atoms with Crippen molar-refractivity contribution in [3.05, 3.63) is 30.5 Å². The maximum atomic E-state index is 12.8. The van der Waals surface area contributed by atoms with Crippen LogP contribution in [0.2, 0.25) is 0 Å². The van der Waals surface area contributed by atoms with Crippen LogP contribution in [0.1, 0.15) is 12.8 Å². The van der Waals surface area contributed by atoms with Crippen LogP contribution in [0.15, 0.2) is 30.5 Å². The smallest absolute Gasteiger partial charge is 0.250 e. The summed E-state index contributed by atoms with van der Waals surface area (Å²) in [6, 6.07) is 7.13. The molecule has 1 amide bonds. The largest absolute Gasteiger partial charge is 0.493 e. The Hall–Kier alpha value is -2.70. The fourth-order valence-corrected chi connectivity index (χ4v) is 2.91. The van der Waals surface area contributed by atoms with E-state index in [0.29, 0.717) is 23.9 Å². The van der Waals surface area contributed by atoms with E-state index in [1.54, 1.807) is 23.8 Å². The number of piperidine rings is 1. The second-order valence-corrected chi connectivity index (χ2v) is 5.75. The Balaban J connectivity index is 1.76. The molecule has 1 aromatic heterocycles. The molecule has 0 bridgehead atoms. The maximum absolute atomic E-state index is 12.8. The summed E-state index contributed by atoms with van der Waals surface area (Å²) in [6.45, 7) is 0.694. The number of rotatable bonds is 5. The molecule has 0 spiro atoms. The highest BCUT2D eigenvalue weighted by atomic mass is 16.5. The van der Waals surface area contributed by atoms with Crippen molar-refractivity contribution in [2.24, 2.45) is 7.05 Å². The highest BCUT2D eigenvalue weighted by molar-refractivity contribution is 5.98. The first-order chi connectivity index (χ1) is 11.6. The van der Waals surface area contributed by atoms with Crippen molar-refractivity contribution in [2.45, 2.75) is 18.9 Å². The average molecular weight is 330 g/mol. The third-order valence-corrected chi connectivity index (χ3v) is 4.14. The van der Waals surface area contributed by atoms with Crippen LogP contribution in [0.25, 0.3) is 0 Å². The molecule has 1 atom stereocenters. The van der Waals surface area contributed by atoms with Gasteiger partial charge in [-0.1, -0.05) is 0 Å². The van der Waals surface area contributed by atoms with Gasteiger partial charge in [-0.2, -0.15) is 5.10 Å². The number of carbonyl (C=O) groups excluding carboxylic acids is 1. The minimum atomic E-state index is -0.279. The number of methoxy groups -OCH3 is 2. The maximum Gasteiger partial charge on any atom is 0.250 e. The molecule has 3 rings (SSSR count). The predicted octanol–water partition coefficient (Wildman–Crippen LogP) is 2.04. The molecule has 7 heteroatoms. The summed E-state index contributed by atoms with van der Waals surface area (Å²) in [5.41, 5.74) is 0.828. The molecule has 128 valence electrons. The van der Waals surface area contributed by atoms with Crippen molar-refractivity contribution >= 4 is 17.4 Å². The van der Waals surface area contributed by atoms with Gasteiger partial charge in [0.2, 0.25) is 0 Å². The summed E-state index contributed by atoms with van der Waals surface area (Å²) < 4.78 is 12.3. The molecule has 2 heterocycles. The second kappa shape index (κ2) is 6.82. The molecule has 1 unspecified atom stereocenters. The Morgan fingerprint density at radius 1 is 1.21 bits per heavy atom. The number of anilines is 2. The number of ether oxygens (including phenoxy) is 2. The SMILES string of the molecule is COc1ccc(NC2CCCN(c3ccn(C)n3)C2=O)cc1OC. The average Bonchev–Trinajstić information content (AvgIpc) is 3.02. The highest BCUT2D eigenvalue weighted by Crippen LogP contribution is 2.31. The van der Waals surface area contributed by atoms with Crippen molar-refractivity contribution < 1.29 is 14.3 Å². The number of hydrogen-bond donors (Lipinski definition) is 1. The van der Waals surface area contributed by atoms with Gasteiger partial charge in [-0.25, -0.2) is 0 Å². The molecule has 2 aromatic rings. The summed E-state index contributed by atoms with van der Waals surface area (Å²) in [4.78, 5) is 14.5. The van der Waals surface area contributed by atoms with Gasteiger partial charge in [0.15, 0.2) is 17.3 Å². The number of carbonyl (C=O) groups is 1. The zero-order valence-electron chi connectivity index (χ0n) is 14.2. The third-order valence-electron chi connectivity index (χ3n) is 4.14. The minimum Gasteiger partial charge on any atom is -0.493 e. The molecule has 24 heavy (non-hydrogen) atoms. The van der Waals surface area contributed by atoms with E-state index in [2.05, 4.69) is 10.4 Å². The van der Waals surface area contributed by atoms with Gasteiger partial charge in [0.25, 0.3) is 5.91 Å². The van der Waals surface area contributed by atoms with Gasteiger partial charge in [0.05, 0.1) is 14.2 Å². The lowest BCUT2D eigenvalue weighted by molar-refractivity contribution is -0.120. The fraction of sp³-hybridized carbons (Fsp3) is 0.412. The lowest BCUT2D eigenvalue weighted by Crippen LogP contribution is -2.48. The van der Waals surface area contributed by atoms with Crippen molar-refractivity contribution in [1.82, 2.24) is 9.78 Å². The van der Waals surface area contributed by atoms with Crippen molar-refractivity contribution in [3.8, 4) is 11.5 Å². The summed E-state index contributed by atoms with van der Waals surface area (Å²) in [5, 5.41) is 7.64. The Kier molecular flexibility index (Phi) is 4.59. The summed E-state index contributed by atoms with van der Waals surface area (Å²) in [7, 11) is 5.04. The van der Waals surface area contributed by atoms with Crippen LogP contribution in [0.3, 0.4) is 0 Å². The third kappa shape index (κ3) is 3.15. The van der Waals surface area contributed by atoms with Crippen LogP contribution in [-0.2, 0) is 11.8 Å². The lowest BCUT2D eigenvalue weighted by Gasteiger charge is -2.31. The number of aryl methyl sites for hydroxylation is 1. The monoisotopic (exact) mass is 330 g/mol. The number of nitrogens with zero attached hydrogens (tertiary/aromatic N) is 3. The van der Waals surface area contributed by atoms with Gasteiger partial charge >= 0.3 is 0 Å². The van der Waals surface area contributed by atoms with Gasteiger partial charge in [0.1, 0.15) is 6.04 Å². The number of nitrogens with one attached hydrogen (secondary N) is 1. The van der Waals surface area contributed by atoms with E-state index in [1.807, 2.05) is 37.5 Å². The van der Waals surface area contributed by atoms with E-state index in [1.165, 1.54) is 0 Å². The van der Waals surface area contributed by atoms with Gasteiger partial charge in [-0.3, -0.25) is 14.4 Å². The Bertz CT molecular complexity index is 728. The van der Waals surface area contributed by atoms with Crippen LogP contribution >= 0.6 is 0 Å². The van der Waals surface area contributed by atoms with Crippen LogP contribution in [0.5, 0.6) is 11.5 Å². The molecular weight excluding hydrogens is 308 g/mol. The van der Waals surface area contributed by atoms with Crippen LogP contribution in [-0.4, -0.2) is 42.5 Å². The number of benzene rings is 1. The Morgan fingerprint density at radius 3 is 2.67 bits per heavy atom. The molecule has 1 N–H and O–H groups in total. The van der Waals surface area contributed by atoms with E-state index in [4.69, 9.17) is 9.47 Å². The number of hydrogen-bond acceptors (Lipinski definition) is 5. The van der Waals surface area contributed by atoms with Gasteiger partial charge < -0.3 is 14.8 Å². The molecule has 0 aliphatic carbocycles. The minimum absolute atomic E-state index is 0.0368. The quantitative estimate of drug-likeness (QED) is 0.909. The van der Waals surface area contributed by atoms with E-state index < -0.39 is 0 Å². The van der Waals surface area contributed by atoms with Crippen LogP contribution < -0.4 is 19.7 Å². The highest BCUT2D eigenvalue weighted by Gasteiger charge is 2.30. The fourth-order valence-electron chi connectivity index (χ4n) is 2.91. The van der Waals surface area contributed by atoms with E-state index in [0.717, 1.165) is 18.5 Å². The van der Waals surface area contributed by atoms with E-state index in [-0.39, 0.29) is 11.9 Å². The first-order valence-corrected chi connectivity index (χ1v) is 7.92. The molecule has 0 saturated carbocycles. The van der Waals surface area contributed by atoms with Crippen molar-refractivity contribution in [2.75, 3.05) is 31.0 Å². The molecule has 1 saturated heterocycles. The van der Waals surface area contributed by atoms with E-state index >= 15 is 0 Å². The Morgan fingerprint density at radius 2 is 2.00 bits per heavy atom. The summed E-state index contributed by atoms with van der Waals surface area (Å²) in [6.07, 6.45) is 3.55. The molecule has 0 radical (unpaired) electrons. The summed E-state index contributed by atoms with van der Waals surface area (Å²) in [5.74, 6) is 2.02.